The largest absolute Gasteiger partial charge is 0.454 e. The van der Waals surface area contributed by atoms with Gasteiger partial charge in [0, 0.05) is 13.5 Å². The zero-order valence-corrected chi connectivity index (χ0v) is 15.8. The van der Waals surface area contributed by atoms with E-state index in [9.17, 15) is 14.4 Å². The van der Waals surface area contributed by atoms with Gasteiger partial charge in [-0.25, -0.2) is 4.79 Å². The van der Waals surface area contributed by atoms with Crippen molar-refractivity contribution in [2.75, 3.05) is 13.4 Å². The summed E-state index contributed by atoms with van der Waals surface area (Å²) in [6.07, 6.45) is 1.48. The molecule has 29 heavy (non-hydrogen) atoms. The quantitative estimate of drug-likeness (QED) is 0.546. The van der Waals surface area contributed by atoms with E-state index in [4.69, 9.17) is 14.2 Å². The van der Waals surface area contributed by atoms with Crippen LogP contribution in [0.1, 0.15) is 18.1 Å². The predicted molar refractivity (Wildman–Crippen MR) is 104 cm³/mol. The summed E-state index contributed by atoms with van der Waals surface area (Å²) in [4.78, 5) is 35.6. The van der Waals surface area contributed by atoms with Gasteiger partial charge in [-0.2, -0.15) is 0 Å². The molecule has 0 atom stereocenters. The van der Waals surface area contributed by atoms with E-state index < -0.39 is 24.4 Å². The molecular weight excluding hydrogens is 376 g/mol. The molecule has 0 aromatic heterocycles. The predicted octanol–water partition coefficient (Wildman–Crippen LogP) is 1.75. The summed E-state index contributed by atoms with van der Waals surface area (Å²) in [5.74, 6) is -0.421. The van der Waals surface area contributed by atoms with Crippen molar-refractivity contribution in [3.63, 3.8) is 0 Å². The third-order valence-corrected chi connectivity index (χ3v) is 3.90. The van der Waals surface area contributed by atoms with E-state index >= 15 is 0 Å². The first-order valence-corrected chi connectivity index (χ1v) is 8.88. The molecule has 1 aliphatic rings. The summed E-state index contributed by atoms with van der Waals surface area (Å²) < 4.78 is 15.5. The third kappa shape index (κ3) is 5.83. The molecule has 0 unspecified atom stereocenters. The molecule has 8 heteroatoms. The van der Waals surface area contributed by atoms with Gasteiger partial charge in [0.25, 0.3) is 5.91 Å². The van der Waals surface area contributed by atoms with Crippen molar-refractivity contribution in [2.24, 2.45) is 0 Å². The Bertz CT molecular complexity index is 939. The molecule has 0 saturated heterocycles. The molecule has 0 fully saturated rings. The Kier molecular flexibility index (Phi) is 6.47. The lowest BCUT2D eigenvalue weighted by Gasteiger charge is -2.10. The maximum atomic E-state index is 12.3. The number of ether oxygens (including phenoxy) is 3. The van der Waals surface area contributed by atoms with Crippen molar-refractivity contribution in [3.05, 3.63) is 65.4 Å². The average molecular weight is 396 g/mol. The van der Waals surface area contributed by atoms with Crippen molar-refractivity contribution < 1.29 is 28.6 Å². The van der Waals surface area contributed by atoms with Gasteiger partial charge in [0.05, 0.1) is 0 Å². The van der Waals surface area contributed by atoms with E-state index in [1.54, 1.807) is 42.5 Å². The summed E-state index contributed by atoms with van der Waals surface area (Å²) in [6.45, 7) is 1.22. The number of carbonyl (C=O) groups excluding carboxylic acids is 3. The molecule has 2 aromatic rings. The lowest BCUT2D eigenvalue weighted by atomic mass is 10.2. The lowest BCUT2D eigenvalue weighted by Crippen LogP contribution is -2.31. The SMILES string of the molecule is CC(=O)N/C(=C\c1ccccc1)C(=O)OCC(=O)NCc1ccc2c(c1)OCO2. The van der Waals surface area contributed by atoms with Gasteiger partial charge in [-0.1, -0.05) is 36.4 Å². The Hall–Kier alpha value is -3.81. The molecule has 2 amide bonds. The standard InChI is InChI=1S/C21H20N2O6/c1-14(24)23-17(9-15-5-3-2-4-6-15)21(26)27-12-20(25)22-11-16-7-8-18-19(10-16)29-13-28-18/h2-10H,11-13H2,1H3,(H,22,25)(H,23,24)/b17-9-. The van der Waals surface area contributed by atoms with E-state index in [0.29, 0.717) is 17.1 Å². The number of benzene rings is 2. The molecule has 8 nitrogen and oxygen atoms in total. The van der Waals surface area contributed by atoms with Gasteiger partial charge >= 0.3 is 5.97 Å². The van der Waals surface area contributed by atoms with Crippen LogP contribution in [0.4, 0.5) is 0 Å². The van der Waals surface area contributed by atoms with Crippen LogP contribution in [0.25, 0.3) is 6.08 Å². The number of carbonyl (C=O) groups is 3. The third-order valence-electron chi connectivity index (χ3n) is 3.90. The highest BCUT2D eigenvalue weighted by atomic mass is 16.7. The number of hydrogen-bond donors (Lipinski definition) is 2. The van der Waals surface area contributed by atoms with E-state index in [2.05, 4.69) is 10.6 Å². The van der Waals surface area contributed by atoms with E-state index in [-0.39, 0.29) is 19.0 Å². The molecule has 2 aromatic carbocycles. The normalized spacial score (nSPS) is 12.2. The van der Waals surface area contributed by atoms with Gasteiger partial charge in [0.1, 0.15) is 5.70 Å². The molecule has 0 spiro atoms. The van der Waals surface area contributed by atoms with Crippen LogP contribution in [0.3, 0.4) is 0 Å². The molecule has 150 valence electrons. The Morgan fingerprint density at radius 3 is 2.59 bits per heavy atom. The smallest absolute Gasteiger partial charge is 0.355 e. The molecule has 0 radical (unpaired) electrons. The molecule has 2 N–H and O–H groups in total. The molecule has 0 bridgehead atoms. The van der Waals surface area contributed by atoms with E-state index in [1.165, 1.54) is 13.0 Å². The monoisotopic (exact) mass is 396 g/mol. The second-order valence-corrected chi connectivity index (χ2v) is 6.19. The highest BCUT2D eigenvalue weighted by molar-refractivity contribution is 5.98. The molecule has 0 saturated carbocycles. The van der Waals surface area contributed by atoms with Crippen molar-refractivity contribution in [3.8, 4) is 11.5 Å². The maximum Gasteiger partial charge on any atom is 0.355 e. The summed E-state index contributed by atoms with van der Waals surface area (Å²) in [5, 5.41) is 5.08. The zero-order valence-electron chi connectivity index (χ0n) is 15.8. The van der Waals surface area contributed by atoms with Crippen LogP contribution in [0.5, 0.6) is 11.5 Å². The van der Waals surface area contributed by atoms with Crippen LogP contribution in [-0.4, -0.2) is 31.2 Å². The van der Waals surface area contributed by atoms with Gasteiger partial charge in [0.2, 0.25) is 12.7 Å². The maximum absolute atomic E-state index is 12.3. The number of amides is 2. The van der Waals surface area contributed by atoms with Gasteiger partial charge in [-0.3, -0.25) is 9.59 Å². The topological polar surface area (TPSA) is 103 Å². The van der Waals surface area contributed by atoms with Crippen molar-refractivity contribution in [1.82, 2.24) is 10.6 Å². The van der Waals surface area contributed by atoms with E-state index in [1.807, 2.05) is 6.07 Å². The number of esters is 1. The Morgan fingerprint density at radius 2 is 1.83 bits per heavy atom. The molecule has 3 rings (SSSR count). The number of fused-ring (bicyclic) bond motifs is 1. The fourth-order valence-electron chi connectivity index (χ4n) is 2.56. The minimum Gasteiger partial charge on any atom is -0.454 e. The summed E-state index contributed by atoms with van der Waals surface area (Å²) >= 11 is 0. The first kappa shape index (κ1) is 19.9. The minimum absolute atomic E-state index is 0.0488. The number of hydrogen-bond acceptors (Lipinski definition) is 6. The van der Waals surface area contributed by atoms with Crippen molar-refractivity contribution >= 4 is 23.9 Å². The highest BCUT2D eigenvalue weighted by Crippen LogP contribution is 2.32. The number of rotatable bonds is 7. The average Bonchev–Trinajstić information content (AvgIpc) is 3.18. The molecule has 1 heterocycles. The van der Waals surface area contributed by atoms with Crippen LogP contribution in [0.15, 0.2) is 54.2 Å². The van der Waals surface area contributed by atoms with Gasteiger partial charge < -0.3 is 24.8 Å². The van der Waals surface area contributed by atoms with Gasteiger partial charge in [-0.05, 0) is 29.3 Å². The minimum atomic E-state index is -0.803. The molecular formula is C21H20N2O6. The molecule has 0 aliphatic carbocycles. The van der Waals surface area contributed by atoms with Crippen LogP contribution in [-0.2, 0) is 25.7 Å². The van der Waals surface area contributed by atoms with Gasteiger partial charge in [0.15, 0.2) is 18.1 Å². The Labute approximate surface area is 167 Å². The van der Waals surface area contributed by atoms with Crippen LogP contribution in [0, 0.1) is 0 Å². The van der Waals surface area contributed by atoms with Crippen molar-refractivity contribution in [2.45, 2.75) is 13.5 Å². The first-order valence-electron chi connectivity index (χ1n) is 8.88. The van der Waals surface area contributed by atoms with Crippen molar-refractivity contribution in [1.29, 1.82) is 0 Å². The summed E-state index contributed by atoms with van der Waals surface area (Å²) in [7, 11) is 0. The second-order valence-electron chi connectivity index (χ2n) is 6.19. The summed E-state index contributed by atoms with van der Waals surface area (Å²) in [6, 6.07) is 14.3. The fourth-order valence-corrected chi connectivity index (χ4v) is 2.56. The first-order chi connectivity index (χ1) is 14.0. The van der Waals surface area contributed by atoms with E-state index in [0.717, 1.165) is 5.56 Å². The van der Waals surface area contributed by atoms with Crippen LogP contribution >= 0.6 is 0 Å². The Morgan fingerprint density at radius 1 is 1.07 bits per heavy atom. The lowest BCUT2D eigenvalue weighted by molar-refractivity contribution is -0.145. The zero-order chi connectivity index (χ0) is 20.6. The second kappa shape index (κ2) is 9.41. The molecule has 1 aliphatic heterocycles. The van der Waals surface area contributed by atoms with Gasteiger partial charge in [-0.15, -0.1) is 0 Å². The van der Waals surface area contributed by atoms with Crippen LogP contribution in [0.2, 0.25) is 0 Å². The fraction of sp³-hybridized carbons (Fsp3) is 0.190. The summed E-state index contributed by atoms with van der Waals surface area (Å²) in [5.41, 5.74) is 1.48. The highest BCUT2D eigenvalue weighted by Gasteiger charge is 2.16. The van der Waals surface area contributed by atoms with Crippen LogP contribution < -0.4 is 20.1 Å². The number of nitrogens with one attached hydrogen (secondary N) is 2. The Balaban J connectivity index is 1.53.